The van der Waals surface area contributed by atoms with Crippen LogP contribution in [-0.2, 0) is 14.4 Å². The number of likely N-dealkylation sites (N-methyl/N-ethyl adjacent to an activating group) is 1. The highest BCUT2D eigenvalue weighted by molar-refractivity contribution is 6.39. The first-order valence-electron chi connectivity index (χ1n) is 7.93. The fraction of sp³-hybridized carbons (Fsp3) is 0.471. The van der Waals surface area contributed by atoms with Gasteiger partial charge in [0.1, 0.15) is 0 Å². The molecule has 1 fully saturated rings. The van der Waals surface area contributed by atoms with Gasteiger partial charge >= 0.3 is 11.8 Å². The molecule has 0 aliphatic heterocycles. The molecule has 1 saturated carbocycles. The van der Waals surface area contributed by atoms with E-state index in [1.807, 2.05) is 0 Å². The average molecular weight is 317 g/mol. The number of amides is 3. The van der Waals surface area contributed by atoms with Crippen LogP contribution in [0.3, 0.4) is 0 Å². The molecule has 0 atom stereocenters. The Morgan fingerprint density at radius 1 is 1.04 bits per heavy atom. The maximum absolute atomic E-state index is 12.3. The van der Waals surface area contributed by atoms with E-state index >= 15 is 0 Å². The molecule has 2 N–H and O–H groups in total. The molecule has 124 valence electrons. The molecule has 6 heteroatoms. The van der Waals surface area contributed by atoms with Crippen molar-refractivity contribution in [3.05, 3.63) is 24.3 Å². The van der Waals surface area contributed by atoms with E-state index in [-0.39, 0.29) is 11.9 Å². The van der Waals surface area contributed by atoms with Crippen LogP contribution < -0.4 is 10.6 Å². The molecule has 0 radical (unpaired) electrons. The summed E-state index contributed by atoms with van der Waals surface area (Å²) in [6.45, 7) is 1.41. The molecule has 3 amide bonds. The van der Waals surface area contributed by atoms with Crippen LogP contribution in [0, 0.1) is 0 Å². The minimum absolute atomic E-state index is 0.146. The van der Waals surface area contributed by atoms with Gasteiger partial charge in [0, 0.05) is 31.4 Å². The Kier molecular flexibility index (Phi) is 5.73. The van der Waals surface area contributed by atoms with Gasteiger partial charge in [-0.15, -0.1) is 0 Å². The first kappa shape index (κ1) is 17.0. The Balaban J connectivity index is 1.97. The largest absolute Gasteiger partial charge is 0.335 e. The van der Waals surface area contributed by atoms with Gasteiger partial charge in [-0.3, -0.25) is 14.4 Å². The van der Waals surface area contributed by atoms with Gasteiger partial charge in [0.15, 0.2) is 0 Å². The van der Waals surface area contributed by atoms with Crippen LogP contribution in [0.25, 0.3) is 0 Å². The normalized spacial score (nSPS) is 14.9. The molecule has 0 saturated heterocycles. The second-order valence-electron chi connectivity index (χ2n) is 5.92. The Morgan fingerprint density at radius 3 is 2.26 bits per heavy atom. The summed E-state index contributed by atoms with van der Waals surface area (Å²) in [5.41, 5.74) is 1.05. The standard InChI is InChI=1S/C17H23N3O3/c1-12(21)18-13-7-6-8-14(11-13)19-16(22)17(23)20(2)15-9-4-3-5-10-15/h6-8,11,15H,3-5,9-10H2,1-2H3,(H,18,21)(H,19,22). The van der Waals surface area contributed by atoms with Crippen molar-refractivity contribution in [3.63, 3.8) is 0 Å². The van der Waals surface area contributed by atoms with Crippen LogP contribution in [0.1, 0.15) is 39.0 Å². The number of anilines is 2. The minimum Gasteiger partial charge on any atom is -0.335 e. The van der Waals surface area contributed by atoms with Crippen LogP contribution in [0.15, 0.2) is 24.3 Å². The van der Waals surface area contributed by atoms with E-state index in [0.717, 1.165) is 25.7 Å². The molecule has 1 aliphatic rings. The highest BCUT2D eigenvalue weighted by atomic mass is 16.2. The molecule has 1 aromatic carbocycles. The number of carbonyl (C=O) groups excluding carboxylic acids is 3. The Bertz CT molecular complexity index is 595. The second-order valence-corrected chi connectivity index (χ2v) is 5.92. The summed E-state index contributed by atoms with van der Waals surface area (Å²) < 4.78 is 0. The SMILES string of the molecule is CC(=O)Nc1cccc(NC(=O)C(=O)N(C)C2CCCCC2)c1. The molecule has 1 aliphatic carbocycles. The van der Waals surface area contributed by atoms with Crippen molar-refractivity contribution in [3.8, 4) is 0 Å². The molecule has 0 heterocycles. The highest BCUT2D eigenvalue weighted by Gasteiger charge is 2.26. The number of rotatable bonds is 3. The first-order chi connectivity index (χ1) is 11.0. The summed E-state index contributed by atoms with van der Waals surface area (Å²) in [7, 11) is 1.69. The maximum Gasteiger partial charge on any atom is 0.313 e. The Labute approximate surface area is 136 Å². The van der Waals surface area contributed by atoms with Crippen LogP contribution in [0.2, 0.25) is 0 Å². The molecule has 0 unspecified atom stereocenters. The van der Waals surface area contributed by atoms with Gasteiger partial charge in [0.25, 0.3) is 0 Å². The number of nitrogens with one attached hydrogen (secondary N) is 2. The Hall–Kier alpha value is -2.37. The summed E-state index contributed by atoms with van der Waals surface area (Å²) in [4.78, 5) is 37.0. The summed E-state index contributed by atoms with van der Waals surface area (Å²) in [5.74, 6) is -1.37. The van der Waals surface area contributed by atoms with Gasteiger partial charge in [-0.05, 0) is 31.0 Å². The van der Waals surface area contributed by atoms with Crippen LogP contribution >= 0.6 is 0 Å². The average Bonchev–Trinajstić information content (AvgIpc) is 2.54. The van der Waals surface area contributed by atoms with E-state index in [4.69, 9.17) is 0 Å². The molecule has 6 nitrogen and oxygen atoms in total. The van der Waals surface area contributed by atoms with E-state index in [0.29, 0.717) is 11.4 Å². The number of nitrogens with zero attached hydrogens (tertiary/aromatic N) is 1. The van der Waals surface area contributed by atoms with Crippen molar-refractivity contribution >= 4 is 29.1 Å². The summed E-state index contributed by atoms with van der Waals surface area (Å²) >= 11 is 0. The zero-order valence-corrected chi connectivity index (χ0v) is 13.6. The molecular weight excluding hydrogens is 294 g/mol. The topological polar surface area (TPSA) is 78.5 Å². The van der Waals surface area contributed by atoms with E-state index in [1.54, 1.807) is 36.2 Å². The molecule has 23 heavy (non-hydrogen) atoms. The fourth-order valence-corrected chi connectivity index (χ4v) is 2.86. The molecule has 2 rings (SSSR count). The van der Waals surface area contributed by atoms with Gasteiger partial charge in [0.2, 0.25) is 5.91 Å². The van der Waals surface area contributed by atoms with E-state index in [1.165, 1.54) is 13.3 Å². The fourth-order valence-electron chi connectivity index (χ4n) is 2.86. The lowest BCUT2D eigenvalue weighted by molar-refractivity contribution is -0.144. The summed E-state index contributed by atoms with van der Waals surface area (Å²) in [5, 5.41) is 5.23. The number of hydrogen-bond acceptors (Lipinski definition) is 3. The lowest BCUT2D eigenvalue weighted by atomic mass is 9.94. The quantitative estimate of drug-likeness (QED) is 0.840. The van der Waals surface area contributed by atoms with Gasteiger partial charge in [-0.1, -0.05) is 25.3 Å². The minimum atomic E-state index is -0.655. The number of carbonyl (C=O) groups is 3. The van der Waals surface area contributed by atoms with Crippen molar-refractivity contribution in [2.75, 3.05) is 17.7 Å². The molecule has 0 aromatic heterocycles. The van der Waals surface area contributed by atoms with Crippen LogP contribution in [-0.4, -0.2) is 35.7 Å². The number of hydrogen-bond donors (Lipinski definition) is 2. The summed E-state index contributed by atoms with van der Waals surface area (Å²) in [6, 6.07) is 6.86. The predicted molar refractivity (Wildman–Crippen MR) is 89.0 cm³/mol. The van der Waals surface area contributed by atoms with Gasteiger partial charge in [-0.2, -0.15) is 0 Å². The second kappa shape index (κ2) is 7.76. The number of benzene rings is 1. The van der Waals surface area contributed by atoms with E-state index in [2.05, 4.69) is 10.6 Å². The van der Waals surface area contributed by atoms with Gasteiger partial charge in [-0.25, -0.2) is 0 Å². The third-order valence-corrected chi connectivity index (χ3v) is 4.08. The van der Waals surface area contributed by atoms with Crippen molar-refractivity contribution < 1.29 is 14.4 Å². The van der Waals surface area contributed by atoms with Crippen molar-refractivity contribution in [1.82, 2.24) is 4.90 Å². The lowest BCUT2D eigenvalue weighted by Crippen LogP contribution is -2.44. The third-order valence-electron chi connectivity index (χ3n) is 4.08. The smallest absolute Gasteiger partial charge is 0.313 e. The summed E-state index contributed by atoms with van der Waals surface area (Å²) in [6.07, 6.45) is 5.30. The third kappa shape index (κ3) is 4.81. The van der Waals surface area contributed by atoms with Gasteiger partial charge in [0.05, 0.1) is 0 Å². The first-order valence-corrected chi connectivity index (χ1v) is 7.93. The zero-order valence-electron chi connectivity index (χ0n) is 13.6. The molecule has 0 spiro atoms. The highest BCUT2D eigenvalue weighted by Crippen LogP contribution is 2.22. The monoisotopic (exact) mass is 317 g/mol. The van der Waals surface area contributed by atoms with Crippen LogP contribution in [0.4, 0.5) is 11.4 Å². The van der Waals surface area contributed by atoms with Gasteiger partial charge < -0.3 is 15.5 Å². The predicted octanol–water partition coefficient (Wildman–Crippen LogP) is 2.37. The van der Waals surface area contributed by atoms with Crippen LogP contribution in [0.5, 0.6) is 0 Å². The van der Waals surface area contributed by atoms with E-state index in [9.17, 15) is 14.4 Å². The Morgan fingerprint density at radius 2 is 1.65 bits per heavy atom. The van der Waals surface area contributed by atoms with Crippen molar-refractivity contribution in [2.45, 2.75) is 45.1 Å². The molecular formula is C17H23N3O3. The lowest BCUT2D eigenvalue weighted by Gasteiger charge is -2.30. The van der Waals surface area contributed by atoms with Crippen molar-refractivity contribution in [1.29, 1.82) is 0 Å². The van der Waals surface area contributed by atoms with Crippen molar-refractivity contribution in [2.24, 2.45) is 0 Å². The zero-order chi connectivity index (χ0) is 16.8. The molecule has 1 aromatic rings. The maximum atomic E-state index is 12.3. The van der Waals surface area contributed by atoms with E-state index < -0.39 is 11.8 Å². The molecule has 0 bridgehead atoms.